The third-order valence-electron chi connectivity index (χ3n) is 5.86. The summed E-state index contributed by atoms with van der Waals surface area (Å²) < 4.78 is 20.7. The summed E-state index contributed by atoms with van der Waals surface area (Å²) >= 11 is 0. The van der Waals surface area contributed by atoms with Gasteiger partial charge >= 0.3 is 0 Å². The zero-order valence-electron chi connectivity index (χ0n) is 16.9. The van der Waals surface area contributed by atoms with Gasteiger partial charge in [-0.25, -0.2) is 4.39 Å². The van der Waals surface area contributed by atoms with Crippen LogP contribution >= 0.6 is 0 Å². The lowest BCUT2D eigenvalue weighted by molar-refractivity contribution is -0.0642. The SMILES string of the molecule is CCCCCc1cc(F)c([C@@H]2CC(C)(O)CC[C@H]2C(C)(C)O)c(OC)c1. The van der Waals surface area contributed by atoms with E-state index in [-0.39, 0.29) is 17.7 Å². The molecule has 1 aromatic rings. The summed E-state index contributed by atoms with van der Waals surface area (Å²) in [7, 11) is 1.56. The van der Waals surface area contributed by atoms with Crippen LogP contribution in [0.15, 0.2) is 12.1 Å². The fourth-order valence-electron chi connectivity index (χ4n) is 4.43. The van der Waals surface area contributed by atoms with E-state index in [4.69, 9.17) is 4.74 Å². The van der Waals surface area contributed by atoms with E-state index in [1.165, 1.54) is 0 Å². The molecule has 148 valence electrons. The lowest BCUT2D eigenvalue weighted by atomic mass is 9.64. The normalized spacial score (nSPS) is 26.8. The van der Waals surface area contributed by atoms with Crippen LogP contribution in [0.2, 0.25) is 0 Å². The van der Waals surface area contributed by atoms with Crippen LogP contribution < -0.4 is 4.74 Å². The van der Waals surface area contributed by atoms with E-state index in [0.717, 1.165) is 31.2 Å². The zero-order valence-corrected chi connectivity index (χ0v) is 16.9. The fourth-order valence-corrected chi connectivity index (χ4v) is 4.43. The molecule has 2 N–H and O–H groups in total. The quantitative estimate of drug-likeness (QED) is 0.670. The molecule has 0 radical (unpaired) electrons. The van der Waals surface area contributed by atoms with E-state index >= 15 is 4.39 Å². The van der Waals surface area contributed by atoms with Gasteiger partial charge in [-0.2, -0.15) is 0 Å². The number of benzene rings is 1. The van der Waals surface area contributed by atoms with Gasteiger partial charge in [-0.1, -0.05) is 19.8 Å². The Labute approximate surface area is 157 Å². The number of aryl methyl sites for hydroxylation is 1. The Balaban J connectivity index is 2.42. The highest BCUT2D eigenvalue weighted by Gasteiger charge is 2.45. The summed E-state index contributed by atoms with van der Waals surface area (Å²) in [6, 6.07) is 3.54. The van der Waals surface area contributed by atoms with Gasteiger partial charge in [0.2, 0.25) is 0 Å². The lowest BCUT2D eigenvalue weighted by Crippen LogP contribution is -2.44. The Morgan fingerprint density at radius 1 is 1.31 bits per heavy atom. The molecule has 0 aromatic heterocycles. The van der Waals surface area contributed by atoms with Crippen LogP contribution in [0.25, 0.3) is 0 Å². The van der Waals surface area contributed by atoms with Crippen LogP contribution in [-0.2, 0) is 6.42 Å². The predicted molar refractivity (Wildman–Crippen MR) is 103 cm³/mol. The van der Waals surface area contributed by atoms with Crippen molar-refractivity contribution < 1.29 is 19.3 Å². The summed E-state index contributed by atoms with van der Waals surface area (Å²) in [5.74, 6) is -0.156. The molecule has 1 aromatic carbocycles. The molecule has 0 amide bonds. The largest absolute Gasteiger partial charge is 0.496 e. The molecule has 3 nitrogen and oxygen atoms in total. The van der Waals surface area contributed by atoms with Crippen molar-refractivity contribution in [2.45, 2.75) is 89.8 Å². The fraction of sp³-hybridized carbons (Fsp3) is 0.727. The molecule has 0 saturated heterocycles. The Kier molecular flexibility index (Phi) is 6.73. The molecule has 0 bridgehead atoms. The Hall–Kier alpha value is -1.13. The minimum absolute atomic E-state index is 0.128. The number of halogens is 1. The molecular weight excluding hydrogens is 331 g/mol. The molecule has 2 rings (SSSR count). The highest BCUT2D eigenvalue weighted by atomic mass is 19.1. The molecule has 26 heavy (non-hydrogen) atoms. The summed E-state index contributed by atoms with van der Waals surface area (Å²) in [6.45, 7) is 7.49. The molecule has 0 aliphatic heterocycles. The smallest absolute Gasteiger partial charge is 0.130 e. The average molecular weight is 367 g/mol. The Bertz CT molecular complexity index is 604. The second-order valence-electron chi connectivity index (χ2n) is 8.76. The number of hydrogen-bond donors (Lipinski definition) is 2. The van der Waals surface area contributed by atoms with E-state index in [9.17, 15) is 10.2 Å². The summed E-state index contributed by atoms with van der Waals surface area (Å²) in [4.78, 5) is 0. The van der Waals surface area contributed by atoms with Crippen molar-refractivity contribution >= 4 is 0 Å². The predicted octanol–water partition coefficient (Wildman–Crippen LogP) is 4.97. The number of ether oxygens (including phenoxy) is 1. The summed E-state index contributed by atoms with van der Waals surface area (Å²) in [6.07, 6.45) is 5.80. The van der Waals surface area contributed by atoms with Crippen LogP contribution in [0.3, 0.4) is 0 Å². The number of rotatable bonds is 7. The maximum absolute atomic E-state index is 15.2. The zero-order chi connectivity index (χ0) is 19.5. The van der Waals surface area contributed by atoms with Crippen molar-refractivity contribution in [3.63, 3.8) is 0 Å². The molecule has 1 aliphatic carbocycles. The first-order valence-corrected chi connectivity index (χ1v) is 9.90. The average Bonchev–Trinajstić information content (AvgIpc) is 2.52. The van der Waals surface area contributed by atoms with Crippen LogP contribution in [-0.4, -0.2) is 28.5 Å². The maximum atomic E-state index is 15.2. The molecule has 1 fully saturated rings. The third-order valence-corrected chi connectivity index (χ3v) is 5.86. The Morgan fingerprint density at radius 2 is 2.00 bits per heavy atom. The number of aliphatic hydroxyl groups is 2. The summed E-state index contributed by atoms with van der Waals surface area (Å²) in [5, 5.41) is 21.2. The van der Waals surface area contributed by atoms with Crippen LogP contribution in [0.5, 0.6) is 5.75 Å². The minimum atomic E-state index is -0.946. The van der Waals surface area contributed by atoms with Crippen molar-refractivity contribution in [1.29, 1.82) is 0 Å². The first-order valence-electron chi connectivity index (χ1n) is 9.90. The number of unbranched alkanes of at least 4 members (excludes halogenated alkanes) is 2. The molecular formula is C22H35FO3. The van der Waals surface area contributed by atoms with E-state index in [1.54, 1.807) is 33.9 Å². The van der Waals surface area contributed by atoms with Gasteiger partial charge in [0.25, 0.3) is 0 Å². The van der Waals surface area contributed by atoms with Gasteiger partial charge in [0.1, 0.15) is 11.6 Å². The monoisotopic (exact) mass is 366 g/mol. The van der Waals surface area contributed by atoms with Crippen molar-refractivity contribution in [2.75, 3.05) is 7.11 Å². The lowest BCUT2D eigenvalue weighted by Gasteiger charge is -2.45. The second kappa shape index (κ2) is 8.26. The van der Waals surface area contributed by atoms with Crippen LogP contribution in [0.4, 0.5) is 4.39 Å². The van der Waals surface area contributed by atoms with Crippen molar-refractivity contribution in [2.24, 2.45) is 5.92 Å². The molecule has 3 atom stereocenters. The van der Waals surface area contributed by atoms with E-state index in [1.807, 2.05) is 6.07 Å². The standard InChI is InChI=1S/C22H35FO3/c1-6-7-8-9-15-12-18(23)20(19(13-15)26-5)16-14-22(4,25)11-10-17(16)21(2,3)24/h12-13,16-17,24-25H,6-11,14H2,1-5H3/t16-,17-,22?/m1/s1. The van der Waals surface area contributed by atoms with Crippen LogP contribution in [0, 0.1) is 11.7 Å². The number of methoxy groups -OCH3 is 1. The first kappa shape index (κ1) is 21.2. The molecule has 1 saturated carbocycles. The van der Waals surface area contributed by atoms with Crippen molar-refractivity contribution in [3.8, 4) is 5.75 Å². The van der Waals surface area contributed by atoms with E-state index in [0.29, 0.717) is 30.6 Å². The van der Waals surface area contributed by atoms with Gasteiger partial charge in [0, 0.05) is 5.56 Å². The van der Waals surface area contributed by atoms with Crippen LogP contribution in [0.1, 0.15) is 83.3 Å². The highest BCUT2D eigenvalue weighted by molar-refractivity contribution is 5.42. The van der Waals surface area contributed by atoms with Gasteiger partial charge < -0.3 is 14.9 Å². The topological polar surface area (TPSA) is 49.7 Å². The molecule has 0 heterocycles. The van der Waals surface area contributed by atoms with Gasteiger partial charge in [-0.15, -0.1) is 0 Å². The summed E-state index contributed by atoms with van der Waals surface area (Å²) in [5.41, 5.74) is -0.361. The van der Waals surface area contributed by atoms with E-state index < -0.39 is 11.2 Å². The van der Waals surface area contributed by atoms with E-state index in [2.05, 4.69) is 6.92 Å². The maximum Gasteiger partial charge on any atom is 0.130 e. The molecule has 0 spiro atoms. The molecule has 1 unspecified atom stereocenters. The minimum Gasteiger partial charge on any atom is -0.496 e. The van der Waals surface area contributed by atoms with Gasteiger partial charge in [-0.3, -0.25) is 0 Å². The van der Waals surface area contributed by atoms with Crippen molar-refractivity contribution in [3.05, 3.63) is 29.1 Å². The highest BCUT2D eigenvalue weighted by Crippen LogP contribution is 2.49. The molecule has 1 aliphatic rings. The first-order chi connectivity index (χ1) is 12.1. The van der Waals surface area contributed by atoms with Gasteiger partial charge in [0.05, 0.1) is 18.3 Å². The van der Waals surface area contributed by atoms with Gasteiger partial charge in [-0.05, 0) is 82.4 Å². The second-order valence-corrected chi connectivity index (χ2v) is 8.76. The third kappa shape index (κ3) is 4.98. The van der Waals surface area contributed by atoms with Gasteiger partial charge in [0.15, 0.2) is 0 Å². The number of hydrogen-bond acceptors (Lipinski definition) is 3. The Morgan fingerprint density at radius 3 is 2.58 bits per heavy atom. The molecule has 4 heteroatoms. The van der Waals surface area contributed by atoms with Crippen molar-refractivity contribution in [1.82, 2.24) is 0 Å².